The molecule has 0 saturated carbocycles. The Hall–Kier alpha value is -4.24. The van der Waals surface area contributed by atoms with Gasteiger partial charge in [-0.05, 0) is 64.9 Å². The molecule has 0 atom stereocenters. The Labute approximate surface area is 203 Å². The van der Waals surface area contributed by atoms with Crippen molar-refractivity contribution in [2.45, 2.75) is 13.1 Å². The van der Waals surface area contributed by atoms with E-state index in [4.69, 9.17) is 0 Å². The largest absolute Gasteiger partial charge is 0.343 e. The summed E-state index contributed by atoms with van der Waals surface area (Å²) in [5.41, 5.74) is 3.18. The summed E-state index contributed by atoms with van der Waals surface area (Å²) in [5.74, 6) is -0.675. The van der Waals surface area contributed by atoms with E-state index in [1.54, 1.807) is 12.1 Å². The Balaban J connectivity index is 1.33. The van der Waals surface area contributed by atoms with Crippen molar-refractivity contribution in [2.24, 2.45) is 0 Å². The zero-order chi connectivity index (χ0) is 24.5. The Bertz CT molecular complexity index is 1510. The summed E-state index contributed by atoms with van der Waals surface area (Å²) in [6.45, 7) is 0.574. The molecule has 1 aromatic heterocycles. The van der Waals surface area contributed by atoms with Gasteiger partial charge in [-0.2, -0.15) is 0 Å². The molecule has 3 aromatic carbocycles. The number of benzene rings is 3. The number of fused-ring (bicyclic) bond motifs is 1. The molecule has 1 aliphatic heterocycles. The third kappa shape index (κ3) is 4.71. The normalized spacial score (nSPS) is 14.9. The average Bonchev–Trinajstić information content (AvgIpc) is 3.34. The summed E-state index contributed by atoms with van der Waals surface area (Å²) in [7, 11) is 0. The lowest BCUT2D eigenvalue weighted by atomic mass is 10.1. The van der Waals surface area contributed by atoms with Crippen molar-refractivity contribution in [1.29, 1.82) is 0 Å². The van der Waals surface area contributed by atoms with Crippen LogP contribution in [0, 0.1) is 15.9 Å². The lowest BCUT2D eigenvalue weighted by Gasteiger charge is -2.12. The van der Waals surface area contributed by atoms with E-state index in [0.717, 1.165) is 38.7 Å². The molecule has 174 valence electrons. The quantitative estimate of drug-likeness (QED) is 0.190. The van der Waals surface area contributed by atoms with Crippen LogP contribution in [0.15, 0.2) is 83.9 Å². The number of aromatic nitrogens is 1. The van der Waals surface area contributed by atoms with E-state index < -0.39 is 10.8 Å². The van der Waals surface area contributed by atoms with Crippen LogP contribution in [-0.2, 0) is 17.9 Å². The molecular weight excluding hydrogens is 469 g/mol. The monoisotopic (exact) mass is 487 g/mol. The molecule has 35 heavy (non-hydrogen) atoms. The van der Waals surface area contributed by atoms with E-state index in [0.29, 0.717) is 17.0 Å². The number of hydrogen-bond acceptors (Lipinski definition) is 5. The molecule has 0 N–H and O–H groups in total. The molecule has 2 heterocycles. The summed E-state index contributed by atoms with van der Waals surface area (Å²) >= 11 is 0.867. The predicted molar refractivity (Wildman–Crippen MR) is 132 cm³/mol. The van der Waals surface area contributed by atoms with Crippen LogP contribution in [0.1, 0.15) is 16.7 Å². The SMILES string of the molecule is O=C1S/C(=C/c2ccc3c(ccn3Cc3cccc(F)c3)c2)C(=O)N1Cc1ccc([N+](=O)[O-])cc1. The number of nitro benzene ring substituents is 1. The van der Waals surface area contributed by atoms with E-state index >= 15 is 0 Å². The smallest absolute Gasteiger partial charge is 0.293 e. The highest BCUT2D eigenvalue weighted by Crippen LogP contribution is 2.34. The number of carbonyl (C=O) groups excluding carboxylic acids is 2. The number of imide groups is 1. The summed E-state index contributed by atoms with van der Waals surface area (Å²) < 4.78 is 15.5. The first-order valence-electron chi connectivity index (χ1n) is 10.7. The van der Waals surface area contributed by atoms with Gasteiger partial charge in [-0.15, -0.1) is 0 Å². The van der Waals surface area contributed by atoms with E-state index in [2.05, 4.69) is 0 Å². The van der Waals surface area contributed by atoms with Crippen LogP contribution in [-0.4, -0.2) is 25.5 Å². The first kappa shape index (κ1) is 22.5. The molecule has 1 aliphatic rings. The molecule has 0 aliphatic carbocycles. The second-order valence-electron chi connectivity index (χ2n) is 8.08. The molecule has 0 radical (unpaired) electrons. The lowest BCUT2D eigenvalue weighted by Crippen LogP contribution is -2.27. The topological polar surface area (TPSA) is 85.5 Å². The summed E-state index contributed by atoms with van der Waals surface area (Å²) in [4.78, 5) is 37.1. The number of amides is 2. The van der Waals surface area contributed by atoms with Gasteiger partial charge < -0.3 is 4.57 Å². The molecule has 5 rings (SSSR count). The number of thioether (sulfide) groups is 1. The number of nitrogens with zero attached hydrogens (tertiary/aromatic N) is 3. The first-order valence-corrected chi connectivity index (χ1v) is 11.5. The maximum Gasteiger partial charge on any atom is 0.293 e. The van der Waals surface area contributed by atoms with Crippen molar-refractivity contribution < 1.29 is 18.9 Å². The van der Waals surface area contributed by atoms with E-state index in [1.165, 1.54) is 36.4 Å². The fraction of sp³-hybridized carbons (Fsp3) is 0.0769. The van der Waals surface area contributed by atoms with Crippen molar-refractivity contribution >= 4 is 45.6 Å². The molecule has 0 spiro atoms. The van der Waals surface area contributed by atoms with Gasteiger partial charge in [0.2, 0.25) is 0 Å². The van der Waals surface area contributed by atoms with Crippen LogP contribution in [0.2, 0.25) is 0 Å². The minimum absolute atomic E-state index is 0.0436. The number of nitro groups is 1. The van der Waals surface area contributed by atoms with Crippen molar-refractivity contribution in [3.05, 3.63) is 117 Å². The second-order valence-corrected chi connectivity index (χ2v) is 9.08. The number of hydrogen-bond donors (Lipinski definition) is 0. The minimum atomic E-state index is -0.501. The van der Waals surface area contributed by atoms with Crippen LogP contribution in [0.5, 0.6) is 0 Å². The lowest BCUT2D eigenvalue weighted by molar-refractivity contribution is -0.384. The van der Waals surface area contributed by atoms with Crippen LogP contribution in [0.4, 0.5) is 14.9 Å². The third-order valence-electron chi connectivity index (χ3n) is 5.70. The molecular formula is C26H18FN3O4S. The van der Waals surface area contributed by atoms with E-state index in [9.17, 15) is 24.1 Å². The van der Waals surface area contributed by atoms with Gasteiger partial charge in [-0.3, -0.25) is 24.6 Å². The van der Waals surface area contributed by atoms with Gasteiger partial charge in [-0.25, -0.2) is 4.39 Å². The first-order chi connectivity index (χ1) is 16.9. The summed E-state index contributed by atoms with van der Waals surface area (Å²) in [6.07, 6.45) is 3.61. The average molecular weight is 488 g/mol. The van der Waals surface area contributed by atoms with Gasteiger partial charge in [0.1, 0.15) is 5.82 Å². The molecule has 4 aromatic rings. The molecule has 7 nitrogen and oxygen atoms in total. The van der Waals surface area contributed by atoms with Crippen molar-refractivity contribution in [3.8, 4) is 0 Å². The predicted octanol–water partition coefficient (Wildman–Crippen LogP) is 5.97. The van der Waals surface area contributed by atoms with Crippen molar-refractivity contribution in [3.63, 3.8) is 0 Å². The van der Waals surface area contributed by atoms with Crippen LogP contribution in [0.3, 0.4) is 0 Å². The highest BCUT2D eigenvalue weighted by molar-refractivity contribution is 8.18. The van der Waals surface area contributed by atoms with Gasteiger partial charge in [-0.1, -0.05) is 30.3 Å². The fourth-order valence-corrected chi connectivity index (χ4v) is 4.81. The molecule has 0 bridgehead atoms. The number of non-ortho nitro benzene ring substituents is 1. The zero-order valence-electron chi connectivity index (χ0n) is 18.3. The number of carbonyl (C=O) groups is 2. The number of rotatable bonds is 6. The summed E-state index contributed by atoms with van der Waals surface area (Å²) in [6, 6.07) is 19.9. The Kier molecular flexibility index (Phi) is 5.92. The summed E-state index contributed by atoms with van der Waals surface area (Å²) in [5, 5.41) is 11.4. The van der Waals surface area contributed by atoms with Crippen molar-refractivity contribution in [2.75, 3.05) is 0 Å². The molecule has 9 heteroatoms. The maximum absolute atomic E-state index is 13.5. The van der Waals surface area contributed by atoms with Crippen LogP contribution < -0.4 is 0 Å². The van der Waals surface area contributed by atoms with E-state index in [1.807, 2.05) is 41.1 Å². The Morgan fingerprint density at radius 1 is 0.943 bits per heavy atom. The van der Waals surface area contributed by atoms with Gasteiger partial charge in [0.05, 0.1) is 16.4 Å². The van der Waals surface area contributed by atoms with Gasteiger partial charge in [0.15, 0.2) is 0 Å². The van der Waals surface area contributed by atoms with Gasteiger partial charge in [0.25, 0.3) is 16.8 Å². The molecule has 1 fully saturated rings. The highest BCUT2D eigenvalue weighted by Gasteiger charge is 2.35. The standard InChI is InChI=1S/C26H18FN3O4S/c27-21-3-1-2-19(13-21)15-28-11-10-20-12-18(6-9-23(20)28)14-24-25(31)29(26(32)35-24)16-17-4-7-22(8-5-17)30(33)34/h1-14H,15-16H2/b24-14+. The second kappa shape index (κ2) is 9.19. The molecule has 0 unspecified atom stereocenters. The Morgan fingerprint density at radius 3 is 2.49 bits per heavy atom. The minimum Gasteiger partial charge on any atom is -0.343 e. The van der Waals surface area contributed by atoms with E-state index in [-0.39, 0.29) is 23.3 Å². The van der Waals surface area contributed by atoms with Crippen molar-refractivity contribution in [1.82, 2.24) is 9.47 Å². The Morgan fingerprint density at radius 2 is 1.74 bits per heavy atom. The third-order valence-corrected chi connectivity index (χ3v) is 6.60. The zero-order valence-corrected chi connectivity index (χ0v) is 19.1. The molecule has 2 amide bonds. The van der Waals surface area contributed by atoms with Crippen LogP contribution in [0.25, 0.3) is 17.0 Å². The van der Waals surface area contributed by atoms with Crippen LogP contribution >= 0.6 is 11.8 Å². The molecule has 1 saturated heterocycles. The van der Waals surface area contributed by atoms with Gasteiger partial charge >= 0.3 is 0 Å². The fourth-order valence-electron chi connectivity index (χ4n) is 3.97. The maximum atomic E-state index is 13.5. The highest BCUT2D eigenvalue weighted by atomic mass is 32.2. The number of halogens is 1. The van der Waals surface area contributed by atoms with Gasteiger partial charge in [0, 0.05) is 35.8 Å².